The Morgan fingerprint density at radius 2 is 2.11 bits per heavy atom. The lowest BCUT2D eigenvalue weighted by atomic mass is 9.92. The summed E-state index contributed by atoms with van der Waals surface area (Å²) in [6.07, 6.45) is 6.58. The molecule has 2 rings (SSSR count). The molecule has 0 aliphatic heterocycles. The minimum absolute atomic E-state index is 0.579. The van der Waals surface area contributed by atoms with Crippen LogP contribution >= 0.6 is 15.9 Å². The molecule has 1 aliphatic rings. The van der Waals surface area contributed by atoms with Crippen LogP contribution in [0.2, 0.25) is 0 Å². The van der Waals surface area contributed by atoms with Crippen molar-refractivity contribution in [3.8, 4) is 5.75 Å². The van der Waals surface area contributed by atoms with Gasteiger partial charge in [0.2, 0.25) is 0 Å². The quantitative estimate of drug-likeness (QED) is 0.847. The summed E-state index contributed by atoms with van der Waals surface area (Å²) >= 11 is 3.56. The van der Waals surface area contributed by atoms with E-state index < -0.39 is 0 Å². The van der Waals surface area contributed by atoms with Crippen LogP contribution in [0.5, 0.6) is 5.75 Å². The Labute approximate surface area is 125 Å². The van der Waals surface area contributed by atoms with E-state index in [1.165, 1.54) is 31.2 Å². The van der Waals surface area contributed by atoms with Gasteiger partial charge in [-0.15, -0.1) is 0 Å². The maximum Gasteiger partial charge on any atom is 0.122 e. The van der Waals surface area contributed by atoms with Crippen molar-refractivity contribution in [3.63, 3.8) is 0 Å². The normalized spacial score (nSPS) is 17.6. The first-order chi connectivity index (χ1) is 9.24. The van der Waals surface area contributed by atoms with Crippen LogP contribution in [0.15, 0.2) is 22.7 Å². The van der Waals surface area contributed by atoms with E-state index in [0.29, 0.717) is 6.04 Å². The Hall–Kier alpha value is -0.540. The molecular weight excluding hydrogens is 302 g/mol. The van der Waals surface area contributed by atoms with Crippen LogP contribution in [-0.4, -0.2) is 19.7 Å². The zero-order chi connectivity index (χ0) is 13.7. The molecule has 0 spiro atoms. The first kappa shape index (κ1) is 14.9. The molecule has 0 saturated heterocycles. The fourth-order valence-electron chi connectivity index (χ4n) is 3.17. The summed E-state index contributed by atoms with van der Waals surface area (Å²) in [5.74, 6) is 1.83. The van der Waals surface area contributed by atoms with Crippen molar-refractivity contribution < 1.29 is 4.74 Å². The lowest BCUT2D eigenvalue weighted by Crippen LogP contribution is -2.37. The average Bonchev–Trinajstić information content (AvgIpc) is 2.92. The Morgan fingerprint density at radius 1 is 1.37 bits per heavy atom. The van der Waals surface area contributed by atoms with E-state index in [1.807, 2.05) is 6.07 Å². The molecule has 2 nitrogen and oxygen atoms in total. The van der Waals surface area contributed by atoms with Gasteiger partial charge in [-0.1, -0.05) is 35.7 Å². The Morgan fingerprint density at radius 3 is 2.74 bits per heavy atom. The molecule has 1 fully saturated rings. The van der Waals surface area contributed by atoms with Crippen LogP contribution in [0.4, 0.5) is 0 Å². The van der Waals surface area contributed by atoms with Gasteiger partial charge in [-0.25, -0.2) is 0 Å². The predicted molar refractivity (Wildman–Crippen MR) is 83.8 cm³/mol. The van der Waals surface area contributed by atoms with Gasteiger partial charge in [0.25, 0.3) is 0 Å². The first-order valence-electron chi connectivity index (χ1n) is 7.30. The molecule has 19 heavy (non-hydrogen) atoms. The number of likely N-dealkylation sites (N-methyl/N-ethyl adjacent to an activating group) is 1. The zero-order valence-corrected chi connectivity index (χ0v) is 13.5. The molecule has 1 aromatic rings. The van der Waals surface area contributed by atoms with Crippen molar-refractivity contribution in [1.82, 2.24) is 5.32 Å². The highest BCUT2D eigenvalue weighted by Crippen LogP contribution is 2.31. The summed E-state index contributed by atoms with van der Waals surface area (Å²) in [6, 6.07) is 6.87. The van der Waals surface area contributed by atoms with Gasteiger partial charge < -0.3 is 10.1 Å². The van der Waals surface area contributed by atoms with Gasteiger partial charge in [-0.3, -0.25) is 0 Å². The van der Waals surface area contributed by atoms with E-state index in [2.05, 4.69) is 40.3 Å². The minimum atomic E-state index is 0.579. The van der Waals surface area contributed by atoms with Crippen molar-refractivity contribution in [2.24, 2.45) is 5.92 Å². The second kappa shape index (κ2) is 7.30. The fourth-order valence-corrected chi connectivity index (χ4v) is 3.58. The molecular formula is C16H24BrNO. The number of ether oxygens (including phenoxy) is 1. The molecule has 0 radical (unpaired) electrons. The summed E-state index contributed by atoms with van der Waals surface area (Å²) in [4.78, 5) is 0. The van der Waals surface area contributed by atoms with Crippen molar-refractivity contribution in [2.75, 3.05) is 13.7 Å². The van der Waals surface area contributed by atoms with E-state index in [9.17, 15) is 0 Å². The highest BCUT2D eigenvalue weighted by atomic mass is 79.9. The van der Waals surface area contributed by atoms with E-state index >= 15 is 0 Å². The Bertz CT molecular complexity index is 402. The molecule has 3 heteroatoms. The van der Waals surface area contributed by atoms with Crippen LogP contribution < -0.4 is 10.1 Å². The predicted octanol–water partition coefficient (Wildman–Crippen LogP) is 4.17. The molecule has 0 bridgehead atoms. The van der Waals surface area contributed by atoms with Gasteiger partial charge in [0, 0.05) is 10.5 Å². The molecule has 1 aromatic carbocycles. The second-order valence-electron chi connectivity index (χ2n) is 5.37. The van der Waals surface area contributed by atoms with E-state index in [0.717, 1.165) is 29.1 Å². The number of benzene rings is 1. The standard InChI is InChI=1S/C16H24BrNO/c1-3-18-15(12-6-4-5-7-12)11-13-10-14(17)8-9-16(13)19-2/h8-10,12,15,18H,3-7,11H2,1-2H3. The second-order valence-corrected chi connectivity index (χ2v) is 6.28. The summed E-state index contributed by atoms with van der Waals surface area (Å²) < 4.78 is 6.62. The largest absolute Gasteiger partial charge is 0.496 e. The van der Waals surface area contributed by atoms with Gasteiger partial charge in [0.15, 0.2) is 0 Å². The van der Waals surface area contributed by atoms with Crippen molar-refractivity contribution in [1.29, 1.82) is 0 Å². The van der Waals surface area contributed by atoms with Crippen LogP contribution in [0.1, 0.15) is 38.2 Å². The van der Waals surface area contributed by atoms with Crippen molar-refractivity contribution >= 4 is 15.9 Å². The monoisotopic (exact) mass is 325 g/mol. The maximum atomic E-state index is 5.49. The molecule has 1 saturated carbocycles. The van der Waals surface area contributed by atoms with Gasteiger partial charge >= 0.3 is 0 Å². The highest BCUT2D eigenvalue weighted by molar-refractivity contribution is 9.10. The van der Waals surface area contributed by atoms with Gasteiger partial charge in [-0.2, -0.15) is 0 Å². The minimum Gasteiger partial charge on any atom is -0.496 e. The number of hydrogen-bond donors (Lipinski definition) is 1. The van der Waals surface area contributed by atoms with Gasteiger partial charge in [0.1, 0.15) is 5.75 Å². The Kier molecular flexibility index (Phi) is 5.71. The molecule has 0 aromatic heterocycles. The average molecular weight is 326 g/mol. The topological polar surface area (TPSA) is 21.3 Å². The van der Waals surface area contributed by atoms with Crippen LogP contribution in [-0.2, 0) is 6.42 Å². The summed E-state index contributed by atoms with van der Waals surface area (Å²) in [5, 5.41) is 3.67. The van der Waals surface area contributed by atoms with Crippen LogP contribution in [0, 0.1) is 5.92 Å². The maximum absolute atomic E-state index is 5.49. The summed E-state index contributed by atoms with van der Waals surface area (Å²) in [7, 11) is 1.75. The number of halogens is 1. The van der Waals surface area contributed by atoms with E-state index in [1.54, 1.807) is 7.11 Å². The van der Waals surface area contributed by atoms with Crippen molar-refractivity contribution in [2.45, 2.75) is 45.1 Å². The molecule has 0 heterocycles. The Balaban J connectivity index is 2.13. The molecule has 1 aliphatic carbocycles. The lowest BCUT2D eigenvalue weighted by molar-refractivity contribution is 0.353. The van der Waals surface area contributed by atoms with Crippen molar-refractivity contribution in [3.05, 3.63) is 28.2 Å². The molecule has 1 N–H and O–H groups in total. The summed E-state index contributed by atoms with van der Waals surface area (Å²) in [6.45, 7) is 3.23. The number of nitrogens with one attached hydrogen (secondary N) is 1. The third-order valence-electron chi connectivity index (χ3n) is 4.12. The van der Waals surface area contributed by atoms with Gasteiger partial charge in [0.05, 0.1) is 7.11 Å². The highest BCUT2D eigenvalue weighted by Gasteiger charge is 2.25. The molecule has 106 valence electrons. The van der Waals surface area contributed by atoms with E-state index in [4.69, 9.17) is 4.74 Å². The SMILES string of the molecule is CCNC(Cc1cc(Br)ccc1OC)C1CCCC1. The van der Waals surface area contributed by atoms with Crippen LogP contribution in [0.25, 0.3) is 0 Å². The first-order valence-corrected chi connectivity index (χ1v) is 8.09. The smallest absolute Gasteiger partial charge is 0.122 e. The number of rotatable bonds is 6. The summed E-state index contributed by atoms with van der Waals surface area (Å²) in [5.41, 5.74) is 1.30. The third kappa shape index (κ3) is 3.96. The lowest BCUT2D eigenvalue weighted by Gasteiger charge is -2.25. The molecule has 1 unspecified atom stereocenters. The third-order valence-corrected chi connectivity index (χ3v) is 4.61. The van der Waals surface area contributed by atoms with Gasteiger partial charge in [-0.05, 0) is 55.5 Å². The number of methoxy groups -OCH3 is 1. The molecule has 0 amide bonds. The fraction of sp³-hybridized carbons (Fsp3) is 0.625. The molecule has 1 atom stereocenters. The van der Waals surface area contributed by atoms with E-state index in [-0.39, 0.29) is 0 Å². The van der Waals surface area contributed by atoms with Crippen LogP contribution in [0.3, 0.4) is 0 Å². The zero-order valence-electron chi connectivity index (χ0n) is 11.9. The number of hydrogen-bond acceptors (Lipinski definition) is 2.